The van der Waals surface area contributed by atoms with E-state index in [1.165, 1.54) is 15.7 Å². The summed E-state index contributed by atoms with van der Waals surface area (Å²) in [6.07, 6.45) is 1.75. The first kappa shape index (κ1) is 22.4. The Labute approximate surface area is 210 Å². The van der Waals surface area contributed by atoms with E-state index in [0.717, 1.165) is 32.9 Å². The van der Waals surface area contributed by atoms with Gasteiger partial charge in [-0.2, -0.15) is 0 Å². The molecule has 4 aromatic rings. The zero-order chi connectivity index (χ0) is 23.5. The zero-order valence-electron chi connectivity index (χ0n) is 18.1. The molecule has 0 radical (unpaired) electrons. The molecule has 0 atom stereocenters. The van der Waals surface area contributed by atoms with Crippen LogP contribution in [0.4, 0.5) is 4.79 Å². The van der Waals surface area contributed by atoms with Crippen LogP contribution in [0.3, 0.4) is 0 Å². The lowest BCUT2D eigenvalue weighted by atomic mass is 10.1. The van der Waals surface area contributed by atoms with Crippen molar-refractivity contribution in [1.29, 1.82) is 0 Å². The molecule has 1 heterocycles. The minimum Gasteiger partial charge on any atom is -0.489 e. The first-order chi connectivity index (χ1) is 16.6. The summed E-state index contributed by atoms with van der Waals surface area (Å²) in [5.41, 5.74) is 2.80. The lowest BCUT2D eigenvalue weighted by molar-refractivity contribution is -0.123. The number of thioether (sulfide) groups is 1. The number of nitrogens with zero attached hydrogens (tertiary/aromatic N) is 1. The van der Waals surface area contributed by atoms with Crippen molar-refractivity contribution in [3.8, 4) is 5.75 Å². The molecule has 0 saturated carbocycles. The second-order valence-electron chi connectivity index (χ2n) is 7.86. The van der Waals surface area contributed by atoms with Crippen LogP contribution in [0, 0.1) is 0 Å². The predicted octanol–water partition coefficient (Wildman–Crippen LogP) is 7.42. The van der Waals surface area contributed by atoms with Gasteiger partial charge in [0.05, 0.1) is 11.4 Å². The van der Waals surface area contributed by atoms with Crippen molar-refractivity contribution < 1.29 is 14.3 Å². The molecule has 0 spiro atoms. The third kappa shape index (κ3) is 4.79. The highest BCUT2D eigenvalue weighted by Crippen LogP contribution is 2.34. The van der Waals surface area contributed by atoms with Crippen molar-refractivity contribution in [2.75, 3.05) is 0 Å². The summed E-state index contributed by atoms with van der Waals surface area (Å²) in [5, 5.41) is 2.07. The van der Waals surface area contributed by atoms with Gasteiger partial charge in [0.1, 0.15) is 12.4 Å². The summed E-state index contributed by atoms with van der Waals surface area (Å²) >= 11 is 4.44. The number of hydrogen-bond acceptors (Lipinski definition) is 4. The largest absolute Gasteiger partial charge is 0.489 e. The van der Waals surface area contributed by atoms with Gasteiger partial charge in [-0.1, -0.05) is 88.7 Å². The molecule has 34 heavy (non-hydrogen) atoms. The van der Waals surface area contributed by atoms with E-state index < -0.39 is 0 Å². The van der Waals surface area contributed by atoms with Crippen LogP contribution < -0.4 is 4.74 Å². The van der Waals surface area contributed by atoms with Crippen LogP contribution in [-0.4, -0.2) is 16.0 Å². The van der Waals surface area contributed by atoms with Gasteiger partial charge in [-0.3, -0.25) is 14.5 Å². The van der Waals surface area contributed by atoms with E-state index in [1.807, 2.05) is 66.7 Å². The van der Waals surface area contributed by atoms with Crippen LogP contribution in [0.5, 0.6) is 5.75 Å². The summed E-state index contributed by atoms with van der Waals surface area (Å²) in [7, 11) is 0. The number of halogens is 1. The monoisotopic (exact) mass is 529 g/mol. The number of amides is 2. The molecule has 1 aliphatic heterocycles. The molecule has 6 heteroatoms. The Kier molecular flexibility index (Phi) is 6.52. The number of fused-ring (bicyclic) bond motifs is 1. The molecule has 5 rings (SSSR count). The van der Waals surface area contributed by atoms with Gasteiger partial charge in [0.25, 0.3) is 11.1 Å². The van der Waals surface area contributed by atoms with Gasteiger partial charge in [-0.25, -0.2) is 0 Å². The summed E-state index contributed by atoms with van der Waals surface area (Å²) < 4.78 is 6.93. The highest BCUT2D eigenvalue weighted by Gasteiger charge is 2.35. The minimum absolute atomic E-state index is 0.234. The maximum atomic E-state index is 12.9. The fourth-order valence-electron chi connectivity index (χ4n) is 3.86. The number of ether oxygens (including phenoxy) is 1. The van der Waals surface area contributed by atoms with E-state index in [0.29, 0.717) is 17.3 Å². The van der Waals surface area contributed by atoms with Crippen molar-refractivity contribution in [1.82, 2.24) is 4.90 Å². The lowest BCUT2D eigenvalue weighted by Gasteiger charge is -2.13. The van der Waals surface area contributed by atoms with E-state index in [2.05, 4.69) is 40.2 Å². The number of carbonyl (C=O) groups is 2. The van der Waals surface area contributed by atoms with Crippen molar-refractivity contribution in [3.63, 3.8) is 0 Å². The van der Waals surface area contributed by atoms with Crippen LogP contribution >= 0.6 is 27.7 Å². The maximum absolute atomic E-state index is 12.9. The van der Waals surface area contributed by atoms with E-state index >= 15 is 0 Å². The van der Waals surface area contributed by atoms with Gasteiger partial charge in [-0.15, -0.1) is 0 Å². The number of imide groups is 1. The van der Waals surface area contributed by atoms with E-state index in [1.54, 1.807) is 6.08 Å². The average molecular weight is 530 g/mol. The number of rotatable bonds is 6. The number of benzene rings is 4. The molecule has 4 nitrogen and oxygen atoms in total. The second kappa shape index (κ2) is 9.87. The van der Waals surface area contributed by atoms with Crippen molar-refractivity contribution in [2.24, 2.45) is 0 Å². The lowest BCUT2D eigenvalue weighted by Crippen LogP contribution is -2.27. The van der Waals surface area contributed by atoms with Gasteiger partial charge in [0.2, 0.25) is 0 Å². The Balaban J connectivity index is 1.31. The number of carbonyl (C=O) groups excluding carboxylic acids is 2. The smallest absolute Gasteiger partial charge is 0.293 e. The molecular weight excluding hydrogens is 510 g/mol. The average Bonchev–Trinajstić information content (AvgIpc) is 3.11. The maximum Gasteiger partial charge on any atom is 0.293 e. The highest BCUT2D eigenvalue weighted by atomic mass is 79.9. The quantitative estimate of drug-likeness (QED) is 0.244. The van der Waals surface area contributed by atoms with Crippen LogP contribution in [0.1, 0.15) is 16.7 Å². The van der Waals surface area contributed by atoms with Crippen molar-refractivity contribution in [2.45, 2.75) is 13.2 Å². The van der Waals surface area contributed by atoms with Crippen molar-refractivity contribution in [3.05, 3.63) is 117 Å². The molecule has 2 amide bonds. The standard InChI is InChI=1S/C28H20BrNO3S/c29-25-14-4-2-9-21(25)17-30-27(31)26(34-28(30)32)16-19-7-5-12-23(15-19)33-18-22-11-6-10-20-8-1-3-13-24(20)22/h1-16H,17-18H2/b26-16+. The zero-order valence-corrected chi connectivity index (χ0v) is 20.5. The van der Waals surface area contributed by atoms with Crippen molar-refractivity contribution >= 4 is 55.7 Å². The van der Waals surface area contributed by atoms with Crippen LogP contribution in [0.15, 0.2) is 100 Å². The molecular formula is C28H20BrNO3S. The first-order valence-corrected chi connectivity index (χ1v) is 12.4. The predicted molar refractivity (Wildman–Crippen MR) is 140 cm³/mol. The molecule has 0 aromatic heterocycles. The van der Waals surface area contributed by atoms with Gasteiger partial charge in [0.15, 0.2) is 0 Å². The summed E-state index contributed by atoms with van der Waals surface area (Å²) in [6, 6.07) is 29.5. The van der Waals surface area contributed by atoms with Gasteiger partial charge in [-0.05, 0) is 63.5 Å². The van der Waals surface area contributed by atoms with Crippen LogP contribution in [0.25, 0.3) is 16.8 Å². The third-order valence-corrected chi connectivity index (χ3v) is 7.27. The molecule has 1 fully saturated rings. The molecule has 0 unspecified atom stereocenters. The first-order valence-electron chi connectivity index (χ1n) is 10.8. The van der Waals surface area contributed by atoms with Gasteiger partial charge >= 0.3 is 0 Å². The van der Waals surface area contributed by atoms with E-state index in [9.17, 15) is 9.59 Å². The molecule has 1 saturated heterocycles. The Morgan fingerprint density at radius 3 is 2.47 bits per heavy atom. The normalized spacial score (nSPS) is 14.9. The van der Waals surface area contributed by atoms with Gasteiger partial charge < -0.3 is 4.74 Å². The Morgan fingerprint density at radius 1 is 0.853 bits per heavy atom. The summed E-state index contributed by atoms with van der Waals surface area (Å²) in [5.74, 6) is 0.418. The Morgan fingerprint density at radius 2 is 1.59 bits per heavy atom. The molecule has 0 aliphatic carbocycles. The summed E-state index contributed by atoms with van der Waals surface area (Å²) in [4.78, 5) is 27.1. The highest BCUT2D eigenvalue weighted by molar-refractivity contribution is 9.10. The molecule has 168 valence electrons. The Hall–Kier alpha value is -3.35. The van der Waals surface area contributed by atoms with Crippen LogP contribution in [-0.2, 0) is 17.9 Å². The molecule has 1 aliphatic rings. The molecule has 0 N–H and O–H groups in total. The molecule has 0 bridgehead atoms. The topological polar surface area (TPSA) is 46.6 Å². The van der Waals surface area contributed by atoms with Gasteiger partial charge in [0, 0.05) is 4.47 Å². The minimum atomic E-state index is -0.284. The van der Waals surface area contributed by atoms with E-state index in [4.69, 9.17) is 4.74 Å². The Bertz CT molecular complexity index is 1430. The number of hydrogen-bond donors (Lipinski definition) is 0. The SMILES string of the molecule is O=C1S/C(=C/c2cccc(OCc3cccc4ccccc34)c2)C(=O)N1Cc1ccccc1Br. The molecule has 4 aromatic carbocycles. The summed E-state index contributed by atoms with van der Waals surface area (Å²) in [6.45, 7) is 0.672. The van der Waals surface area contributed by atoms with E-state index in [-0.39, 0.29) is 17.7 Å². The third-order valence-electron chi connectivity index (χ3n) is 5.59. The second-order valence-corrected chi connectivity index (χ2v) is 9.71. The fourth-order valence-corrected chi connectivity index (χ4v) is 5.11. The van der Waals surface area contributed by atoms with Crippen LogP contribution in [0.2, 0.25) is 0 Å². The fraction of sp³-hybridized carbons (Fsp3) is 0.0714.